The molecule has 0 unspecified atom stereocenters. The Morgan fingerprint density at radius 1 is 1.62 bits per heavy atom. The first kappa shape index (κ1) is 9.85. The van der Waals surface area contributed by atoms with Crippen LogP contribution in [0.15, 0.2) is 6.07 Å². The molecule has 0 aromatic carbocycles. The molecule has 3 nitrogen and oxygen atoms in total. The Bertz CT molecular complexity index is 344. The van der Waals surface area contributed by atoms with Crippen molar-refractivity contribution in [3.63, 3.8) is 0 Å². The maximum Gasteiger partial charge on any atom is 0.284 e. The van der Waals surface area contributed by atoms with E-state index in [4.69, 9.17) is 16.7 Å². The van der Waals surface area contributed by atoms with E-state index in [1.165, 1.54) is 0 Å². The topological polar surface area (TPSA) is 50.2 Å². The second-order valence-electron chi connectivity index (χ2n) is 2.18. The molecule has 1 aromatic heterocycles. The highest BCUT2D eigenvalue weighted by Crippen LogP contribution is 2.29. The average Bonchev–Trinajstić information content (AvgIpc) is 2.03. The summed E-state index contributed by atoms with van der Waals surface area (Å²) in [6.07, 6.45) is -2.69. The Labute approximate surface area is 77.0 Å². The van der Waals surface area contributed by atoms with Crippen LogP contribution in [0.3, 0.4) is 0 Å². The number of aldehydes is 1. The molecule has 6 heteroatoms. The summed E-state index contributed by atoms with van der Waals surface area (Å²) in [5.41, 5.74) is -1.15. The van der Waals surface area contributed by atoms with Gasteiger partial charge in [-0.25, -0.2) is 13.8 Å². The van der Waals surface area contributed by atoms with Crippen LogP contribution in [0, 0.1) is 0 Å². The summed E-state index contributed by atoms with van der Waals surface area (Å²) in [5.74, 6) is -0.717. The molecule has 0 saturated heterocycles. The van der Waals surface area contributed by atoms with Gasteiger partial charge in [-0.05, 0) is 0 Å². The summed E-state index contributed by atoms with van der Waals surface area (Å²) >= 11 is 5.41. The number of carbonyl (C=O) groups is 1. The number of nitrogens with zero attached hydrogens (tertiary/aromatic N) is 1. The minimum atomic E-state index is -2.93. The van der Waals surface area contributed by atoms with Gasteiger partial charge in [0.1, 0.15) is 17.1 Å². The summed E-state index contributed by atoms with van der Waals surface area (Å²) in [6.45, 7) is 0. The monoisotopic (exact) mass is 207 g/mol. The molecule has 1 rings (SSSR count). The minimum absolute atomic E-state index is 0.156. The van der Waals surface area contributed by atoms with E-state index < -0.39 is 17.9 Å². The third-order valence-corrected chi connectivity index (χ3v) is 1.63. The second kappa shape index (κ2) is 3.66. The molecule has 13 heavy (non-hydrogen) atoms. The van der Waals surface area contributed by atoms with Crippen LogP contribution >= 0.6 is 11.6 Å². The Morgan fingerprint density at radius 3 is 2.69 bits per heavy atom. The molecule has 1 aromatic rings. The van der Waals surface area contributed by atoms with Gasteiger partial charge in [-0.3, -0.25) is 4.79 Å². The van der Waals surface area contributed by atoms with E-state index in [-0.39, 0.29) is 17.0 Å². The number of alkyl halides is 2. The van der Waals surface area contributed by atoms with Gasteiger partial charge in [-0.15, -0.1) is 0 Å². The third-order valence-electron chi connectivity index (χ3n) is 1.33. The molecular weight excluding hydrogens is 204 g/mol. The molecule has 0 atom stereocenters. The predicted octanol–water partition coefficient (Wildman–Crippen LogP) is 2.19. The van der Waals surface area contributed by atoms with E-state index in [9.17, 15) is 13.6 Å². The van der Waals surface area contributed by atoms with Crippen molar-refractivity contribution >= 4 is 17.9 Å². The Balaban J connectivity index is 3.30. The fourth-order valence-electron chi connectivity index (χ4n) is 0.752. The summed E-state index contributed by atoms with van der Waals surface area (Å²) in [4.78, 5) is 13.4. The van der Waals surface area contributed by atoms with Gasteiger partial charge in [-0.2, -0.15) is 0 Å². The van der Waals surface area contributed by atoms with Crippen LogP contribution in [-0.4, -0.2) is 16.4 Å². The van der Waals surface area contributed by atoms with E-state index in [0.29, 0.717) is 0 Å². The fourth-order valence-corrected chi connectivity index (χ4v) is 0.942. The summed E-state index contributed by atoms with van der Waals surface area (Å²) in [5, 5.41) is 8.78. The van der Waals surface area contributed by atoms with Gasteiger partial charge in [-0.1, -0.05) is 11.6 Å². The number of hydrogen-bond acceptors (Lipinski definition) is 3. The van der Waals surface area contributed by atoms with Crippen LogP contribution < -0.4 is 0 Å². The highest BCUT2D eigenvalue weighted by atomic mass is 35.5. The lowest BCUT2D eigenvalue weighted by atomic mass is 10.3. The molecule has 0 aliphatic rings. The zero-order valence-electron chi connectivity index (χ0n) is 6.17. The van der Waals surface area contributed by atoms with Crippen LogP contribution in [-0.2, 0) is 0 Å². The zero-order chi connectivity index (χ0) is 10.0. The molecule has 1 heterocycles. The van der Waals surface area contributed by atoms with Gasteiger partial charge in [0.05, 0.1) is 5.02 Å². The normalized spacial score (nSPS) is 10.5. The van der Waals surface area contributed by atoms with Crippen LogP contribution in [0.4, 0.5) is 8.78 Å². The van der Waals surface area contributed by atoms with Gasteiger partial charge in [0.15, 0.2) is 6.29 Å². The Hall–Kier alpha value is -1.23. The molecule has 0 radical (unpaired) electrons. The fraction of sp³-hybridized carbons (Fsp3) is 0.143. The molecule has 0 amide bonds. The molecule has 0 aliphatic carbocycles. The summed E-state index contributed by atoms with van der Waals surface area (Å²) < 4.78 is 24.2. The second-order valence-corrected chi connectivity index (χ2v) is 2.59. The predicted molar refractivity (Wildman–Crippen MR) is 41.3 cm³/mol. The van der Waals surface area contributed by atoms with Gasteiger partial charge in [0, 0.05) is 6.07 Å². The summed E-state index contributed by atoms with van der Waals surface area (Å²) in [6, 6.07) is 0.861. The standard InChI is InChI=1S/C7H4ClF2NO2/c8-3-1-5(13)6(7(9)10)11-4(3)2-12/h1-2,7,13H. The van der Waals surface area contributed by atoms with E-state index in [1.54, 1.807) is 0 Å². The molecule has 70 valence electrons. The van der Waals surface area contributed by atoms with Gasteiger partial charge in [0.25, 0.3) is 6.43 Å². The number of halogens is 3. The Kier molecular flexibility index (Phi) is 2.77. The van der Waals surface area contributed by atoms with Crippen molar-refractivity contribution in [3.05, 3.63) is 22.5 Å². The van der Waals surface area contributed by atoms with E-state index in [0.717, 1.165) is 6.07 Å². The molecule has 0 fully saturated rings. The van der Waals surface area contributed by atoms with E-state index >= 15 is 0 Å². The van der Waals surface area contributed by atoms with Crippen LogP contribution in [0.5, 0.6) is 5.75 Å². The first-order valence-electron chi connectivity index (χ1n) is 3.19. The van der Waals surface area contributed by atoms with Crippen molar-refractivity contribution in [3.8, 4) is 5.75 Å². The maximum atomic E-state index is 12.1. The summed E-state index contributed by atoms with van der Waals surface area (Å²) in [7, 11) is 0. The number of rotatable bonds is 2. The molecule has 1 N–H and O–H groups in total. The molecule has 0 spiro atoms. The van der Waals surface area contributed by atoms with Crippen LogP contribution in [0.25, 0.3) is 0 Å². The van der Waals surface area contributed by atoms with Gasteiger partial charge < -0.3 is 5.11 Å². The van der Waals surface area contributed by atoms with Crippen molar-refractivity contribution in [2.75, 3.05) is 0 Å². The Morgan fingerprint density at radius 2 is 2.23 bits per heavy atom. The number of aromatic nitrogens is 1. The maximum absolute atomic E-state index is 12.1. The van der Waals surface area contributed by atoms with E-state index in [2.05, 4.69) is 4.98 Å². The first-order valence-corrected chi connectivity index (χ1v) is 3.56. The first-order chi connectivity index (χ1) is 6.06. The van der Waals surface area contributed by atoms with Crippen molar-refractivity contribution in [1.82, 2.24) is 4.98 Å². The van der Waals surface area contributed by atoms with Gasteiger partial charge >= 0.3 is 0 Å². The average molecular weight is 208 g/mol. The van der Waals surface area contributed by atoms with Crippen molar-refractivity contribution in [2.45, 2.75) is 6.43 Å². The molecule has 0 saturated carbocycles. The number of carbonyl (C=O) groups excluding carboxylic acids is 1. The highest BCUT2D eigenvalue weighted by molar-refractivity contribution is 6.32. The number of hydrogen-bond donors (Lipinski definition) is 1. The number of pyridine rings is 1. The van der Waals surface area contributed by atoms with Crippen molar-refractivity contribution < 1.29 is 18.7 Å². The quantitative estimate of drug-likeness (QED) is 0.757. The van der Waals surface area contributed by atoms with Crippen molar-refractivity contribution in [1.29, 1.82) is 0 Å². The van der Waals surface area contributed by atoms with Crippen LogP contribution in [0.2, 0.25) is 5.02 Å². The molecular formula is C7H4ClF2NO2. The highest BCUT2D eigenvalue weighted by Gasteiger charge is 2.17. The smallest absolute Gasteiger partial charge is 0.284 e. The molecule has 0 aliphatic heterocycles. The third kappa shape index (κ3) is 1.92. The SMILES string of the molecule is O=Cc1nc(C(F)F)c(O)cc1Cl. The van der Waals surface area contributed by atoms with Crippen molar-refractivity contribution in [2.24, 2.45) is 0 Å². The number of aromatic hydroxyl groups is 1. The lowest BCUT2D eigenvalue weighted by molar-refractivity contribution is 0.111. The lowest BCUT2D eigenvalue weighted by Crippen LogP contribution is -1.96. The van der Waals surface area contributed by atoms with E-state index in [1.807, 2.05) is 0 Å². The zero-order valence-corrected chi connectivity index (χ0v) is 6.92. The largest absolute Gasteiger partial charge is 0.506 e. The minimum Gasteiger partial charge on any atom is -0.506 e. The molecule has 0 bridgehead atoms. The van der Waals surface area contributed by atoms with Gasteiger partial charge in [0.2, 0.25) is 0 Å². The lowest BCUT2D eigenvalue weighted by Gasteiger charge is -2.03. The van der Waals surface area contributed by atoms with Crippen LogP contribution in [0.1, 0.15) is 22.6 Å².